The molecule has 0 atom stereocenters. The molecular formula is C20H31N5OS. The predicted molar refractivity (Wildman–Crippen MR) is 114 cm³/mol. The number of nitrogens with zero attached hydrogens (tertiary/aromatic N) is 3. The Labute approximate surface area is 166 Å². The second-order valence-corrected chi connectivity index (χ2v) is 7.59. The Balaban J connectivity index is 1.85. The number of rotatable bonds is 10. The highest BCUT2D eigenvalue weighted by Crippen LogP contribution is 2.14. The fourth-order valence-electron chi connectivity index (χ4n) is 2.42. The first-order chi connectivity index (χ1) is 13.1. The van der Waals surface area contributed by atoms with Gasteiger partial charge in [-0.2, -0.15) is 0 Å². The Bertz CT molecular complexity index is 714. The molecule has 0 radical (unpaired) electrons. The Morgan fingerprint density at radius 2 is 2.15 bits per heavy atom. The zero-order valence-corrected chi connectivity index (χ0v) is 17.6. The summed E-state index contributed by atoms with van der Waals surface area (Å²) in [5.41, 5.74) is 2.26. The summed E-state index contributed by atoms with van der Waals surface area (Å²) in [4.78, 5) is 11.3. The number of thiazole rings is 1. The Hall–Kier alpha value is -2.12. The van der Waals surface area contributed by atoms with Gasteiger partial charge in [0.1, 0.15) is 12.4 Å². The van der Waals surface area contributed by atoms with Crippen LogP contribution in [0.1, 0.15) is 23.2 Å². The van der Waals surface area contributed by atoms with E-state index < -0.39 is 0 Å². The van der Waals surface area contributed by atoms with Crippen molar-refractivity contribution in [3.05, 3.63) is 45.9 Å². The number of guanidine groups is 1. The first kappa shape index (κ1) is 21.2. The predicted octanol–water partition coefficient (Wildman–Crippen LogP) is 2.69. The van der Waals surface area contributed by atoms with Crippen molar-refractivity contribution >= 4 is 17.3 Å². The summed E-state index contributed by atoms with van der Waals surface area (Å²) in [6.45, 7) is 7.93. The number of aryl methyl sites for hydroxylation is 1. The number of hydrogen-bond acceptors (Lipinski definition) is 5. The lowest BCUT2D eigenvalue weighted by Gasteiger charge is -2.12. The molecule has 0 saturated heterocycles. The second-order valence-electron chi connectivity index (χ2n) is 6.53. The molecule has 1 heterocycles. The van der Waals surface area contributed by atoms with E-state index in [9.17, 15) is 0 Å². The van der Waals surface area contributed by atoms with Crippen LogP contribution in [-0.4, -0.2) is 56.2 Å². The van der Waals surface area contributed by atoms with Crippen LogP contribution in [0.15, 0.2) is 34.6 Å². The van der Waals surface area contributed by atoms with Crippen LogP contribution >= 0.6 is 11.3 Å². The van der Waals surface area contributed by atoms with Crippen LogP contribution in [0.4, 0.5) is 0 Å². The average Bonchev–Trinajstić information content (AvgIpc) is 3.05. The molecule has 148 valence electrons. The molecule has 0 aliphatic carbocycles. The van der Waals surface area contributed by atoms with Gasteiger partial charge in [-0.3, -0.25) is 0 Å². The molecule has 0 spiro atoms. The zero-order chi connectivity index (χ0) is 19.5. The van der Waals surface area contributed by atoms with Crippen molar-refractivity contribution in [1.29, 1.82) is 0 Å². The van der Waals surface area contributed by atoms with Gasteiger partial charge < -0.3 is 20.3 Å². The molecule has 0 amide bonds. The molecule has 27 heavy (non-hydrogen) atoms. The minimum absolute atomic E-state index is 0.607. The molecule has 1 aromatic heterocycles. The number of aliphatic imine (C=N–C) groups is 1. The van der Waals surface area contributed by atoms with Crippen LogP contribution in [0.25, 0.3) is 0 Å². The third-order valence-electron chi connectivity index (χ3n) is 3.81. The average molecular weight is 390 g/mol. The zero-order valence-electron chi connectivity index (χ0n) is 16.8. The largest absolute Gasteiger partial charge is 0.492 e. The van der Waals surface area contributed by atoms with Gasteiger partial charge in [0.05, 0.1) is 17.2 Å². The van der Waals surface area contributed by atoms with Crippen LogP contribution in [0, 0.1) is 6.92 Å². The fourth-order valence-corrected chi connectivity index (χ4v) is 3.07. The molecule has 0 unspecified atom stereocenters. The van der Waals surface area contributed by atoms with Gasteiger partial charge in [0.25, 0.3) is 0 Å². The van der Waals surface area contributed by atoms with Crippen LogP contribution in [-0.2, 0) is 13.0 Å². The number of aromatic nitrogens is 1. The van der Waals surface area contributed by atoms with E-state index in [1.807, 2.05) is 33.2 Å². The highest BCUT2D eigenvalue weighted by molar-refractivity contribution is 7.09. The number of ether oxygens (including phenoxy) is 1. The number of nitrogens with one attached hydrogen (secondary N) is 2. The van der Waals surface area contributed by atoms with Gasteiger partial charge in [0.2, 0.25) is 0 Å². The highest BCUT2D eigenvalue weighted by atomic mass is 32.1. The van der Waals surface area contributed by atoms with E-state index >= 15 is 0 Å². The van der Waals surface area contributed by atoms with E-state index in [1.165, 1.54) is 0 Å². The van der Waals surface area contributed by atoms with E-state index in [1.54, 1.807) is 11.3 Å². The van der Waals surface area contributed by atoms with Crippen LogP contribution < -0.4 is 15.4 Å². The molecule has 1 aromatic carbocycles. The van der Waals surface area contributed by atoms with Gasteiger partial charge in [-0.05, 0) is 45.6 Å². The third-order valence-corrected chi connectivity index (χ3v) is 4.63. The monoisotopic (exact) mass is 389 g/mol. The molecule has 0 saturated carbocycles. The fraction of sp³-hybridized carbons (Fsp3) is 0.500. The van der Waals surface area contributed by atoms with Gasteiger partial charge in [0.15, 0.2) is 5.96 Å². The molecular weight excluding hydrogens is 358 g/mol. The molecule has 0 bridgehead atoms. The molecule has 0 aliphatic rings. The van der Waals surface area contributed by atoms with Crippen LogP contribution in [0.5, 0.6) is 5.75 Å². The number of likely N-dealkylation sites (N-methyl/N-ethyl adjacent to an activating group) is 1. The molecule has 0 fully saturated rings. The standard InChI is InChI=1S/C20H31N5OS/c1-5-21-20(22-10-9-18-15-27-16(2)24-18)23-14-17-7-6-8-19(13-17)26-12-11-25(3)4/h6-8,13,15H,5,9-12,14H2,1-4H3,(H2,21,22,23). The van der Waals surface area contributed by atoms with Gasteiger partial charge in [-0.25, -0.2) is 9.98 Å². The van der Waals surface area contributed by atoms with E-state index in [4.69, 9.17) is 4.74 Å². The topological polar surface area (TPSA) is 61.8 Å². The Morgan fingerprint density at radius 3 is 2.85 bits per heavy atom. The molecule has 2 N–H and O–H groups in total. The quantitative estimate of drug-likeness (QED) is 0.483. The smallest absolute Gasteiger partial charge is 0.191 e. The van der Waals surface area contributed by atoms with Crippen LogP contribution in [0.3, 0.4) is 0 Å². The SMILES string of the molecule is CCNC(=NCc1cccc(OCCN(C)C)c1)NCCc1csc(C)n1. The molecule has 0 aliphatic heterocycles. The maximum atomic E-state index is 5.80. The summed E-state index contributed by atoms with van der Waals surface area (Å²) < 4.78 is 5.80. The van der Waals surface area contributed by atoms with Gasteiger partial charge in [0, 0.05) is 31.4 Å². The van der Waals surface area contributed by atoms with E-state index in [0.29, 0.717) is 13.2 Å². The lowest BCUT2D eigenvalue weighted by atomic mass is 10.2. The number of benzene rings is 1. The van der Waals surface area contributed by atoms with E-state index in [0.717, 1.165) is 54.0 Å². The summed E-state index contributed by atoms with van der Waals surface area (Å²) in [7, 11) is 4.08. The summed E-state index contributed by atoms with van der Waals surface area (Å²) in [6, 6.07) is 8.13. The molecule has 2 aromatic rings. The van der Waals surface area contributed by atoms with E-state index in [-0.39, 0.29) is 0 Å². The van der Waals surface area contributed by atoms with Crippen molar-refractivity contribution in [3.63, 3.8) is 0 Å². The lowest BCUT2D eigenvalue weighted by Crippen LogP contribution is -2.38. The number of hydrogen-bond donors (Lipinski definition) is 2. The van der Waals surface area contributed by atoms with Crippen molar-refractivity contribution in [1.82, 2.24) is 20.5 Å². The van der Waals surface area contributed by atoms with Gasteiger partial charge >= 0.3 is 0 Å². The highest BCUT2D eigenvalue weighted by Gasteiger charge is 2.02. The summed E-state index contributed by atoms with van der Waals surface area (Å²) in [5, 5.41) is 9.89. The van der Waals surface area contributed by atoms with Crippen molar-refractivity contribution in [2.75, 3.05) is 40.3 Å². The summed E-state index contributed by atoms with van der Waals surface area (Å²) in [6.07, 6.45) is 0.893. The Kier molecular flexibility index (Phi) is 9.07. The second kappa shape index (κ2) is 11.6. The van der Waals surface area contributed by atoms with Gasteiger partial charge in [-0.15, -0.1) is 11.3 Å². The maximum Gasteiger partial charge on any atom is 0.191 e. The van der Waals surface area contributed by atoms with Crippen molar-refractivity contribution in [2.45, 2.75) is 26.8 Å². The summed E-state index contributed by atoms with van der Waals surface area (Å²) in [5.74, 6) is 1.71. The van der Waals surface area contributed by atoms with Crippen molar-refractivity contribution in [2.24, 2.45) is 4.99 Å². The van der Waals surface area contributed by atoms with Crippen molar-refractivity contribution < 1.29 is 4.74 Å². The molecule has 7 heteroatoms. The molecule has 6 nitrogen and oxygen atoms in total. The first-order valence-corrected chi connectivity index (χ1v) is 10.2. The third kappa shape index (κ3) is 8.41. The van der Waals surface area contributed by atoms with Crippen molar-refractivity contribution in [3.8, 4) is 5.75 Å². The normalized spacial score (nSPS) is 11.7. The first-order valence-electron chi connectivity index (χ1n) is 9.36. The van der Waals surface area contributed by atoms with Crippen LogP contribution in [0.2, 0.25) is 0 Å². The van der Waals surface area contributed by atoms with E-state index in [2.05, 4.69) is 49.9 Å². The lowest BCUT2D eigenvalue weighted by molar-refractivity contribution is 0.261. The Morgan fingerprint density at radius 1 is 1.30 bits per heavy atom. The maximum absolute atomic E-state index is 5.80. The van der Waals surface area contributed by atoms with Gasteiger partial charge in [-0.1, -0.05) is 12.1 Å². The summed E-state index contributed by atoms with van der Waals surface area (Å²) >= 11 is 1.69. The molecule has 2 rings (SSSR count). The minimum atomic E-state index is 0.607. The minimum Gasteiger partial charge on any atom is -0.492 e.